The van der Waals surface area contributed by atoms with Crippen molar-refractivity contribution in [1.82, 2.24) is 10.2 Å². The molecule has 0 aliphatic carbocycles. The highest BCUT2D eigenvalue weighted by Crippen LogP contribution is 2.12. The average molecular weight is 272 g/mol. The molecule has 1 heterocycles. The molecule has 18 heavy (non-hydrogen) atoms. The monoisotopic (exact) mass is 272 g/mol. The van der Waals surface area contributed by atoms with E-state index in [1.807, 2.05) is 6.08 Å². The minimum atomic E-state index is -0.539. The second kappa shape index (κ2) is 7.43. The second-order valence-electron chi connectivity index (χ2n) is 4.27. The summed E-state index contributed by atoms with van der Waals surface area (Å²) in [4.78, 5) is 24.9. The Labute approximate surface area is 113 Å². The zero-order chi connectivity index (χ0) is 13.5. The lowest BCUT2D eigenvalue weighted by Crippen LogP contribution is -2.50. The van der Waals surface area contributed by atoms with E-state index >= 15 is 0 Å². The summed E-state index contributed by atoms with van der Waals surface area (Å²) < 4.78 is 5.06. The van der Waals surface area contributed by atoms with Gasteiger partial charge in [-0.1, -0.05) is 6.08 Å². The normalized spacial score (nSPS) is 17.1. The maximum atomic E-state index is 12.1. The van der Waals surface area contributed by atoms with E-state index < -0.39 is 6.04 Å². The lowest BCUT2D eigenvalue weighted by Gasteiger charge is -2.29. The van der Waals surface area contributed by atoms with Crippen molar-refractivity contribution in [2.45, 2.75) is 19.4 Å². The van der Waals surface area contributed by atoms with E-state index in [9.17, 15) is 9.59 Å². The molecule has 102 valence electrons. The molecule has 1 aliphatic heterocycles. The number of carbonyl (C=O) groups is 2. The number of ether oxygens (including phenoxy) is 1. The van der Waals surface area contributed by atoms with Gasteiger partial charge in [0, 0.05) is 32.9 Å². The van der Waals surface area contributed by atoms with E-state index in [0.29, 0.717) is 25.4 Å². The van der Waals surface area contributed by atoms with Gasteiger partial charge in [0.15, 0.2) is 0 Å². The van der Waals surface area contributed by atoms with Gasteiger partial charge in [0.1, 0.15) is 6.04 Å². The van der Waals surface area contributed by atoms with Crippen LogP contribution in [0, 0.1) is 0 Å². The van der Waals surface area contributed by atoms with Crippen LogP contribution in [0.2, 0.25) is 0 Å². The van der Waals surface area contributed by atoms with Gasteiger partial charge < -0.3 is 15.0 Å². The van der Waals surface area contributed by atoms with Crippen molar-refractivity contribution < 1.29 is 14.3 Å². The summed E-state index contributed by atoms with van der Waals surface area (Å²) in [6.07, 6.45) is 2.83. The van der Waals surface area contributed by atoms with Crippen LogP contribution in [0.25, 0.3) is 0 Å². The minimum Gasteiger partial charge on any atom is -0.380 e. The van der Waals surface area contributed by atoms with Crippen LogP contribution in [0.1, 0.15) is 13.3 Å². The van der Waals surface area contributed by atoms with E-state index in [1.165, 1.54) is 12.5 Å². The Morgan fingerprint density at radius 3 is 2.78 bits per heavy atom. The highest BCUT2D eigenvalue weighted by molar-refractivity contribution is 7.80. The molecule has 1 aliphatic rings. The quantitative estimate of drug-likeness (QED) is 0.556. The van der Waals surface area contributed by atoms with Crippen molar-refractivity contribution in [1.29, 1.82) is 0 Å². The van der Waals surface area contributed by atoms with Gasteiger partial charge >= 0.3 is 0 Å². The molecule has 2 amide bonds. The van der Waals surface area contributed by atoms with Gasteiger partial charge in [0.2, 0.25) is 11.8 Å². The summed E-state index contributed by atoms with van der Waals surface area (Å²) >= 11 is 4.10. The van der Waals surface area contributed by atoms with E-state index in [2.05, 4.69) is 17.9 Å². The molecule has 1 atom stereocenters. The third kappa shape index (κ3) is 4.34. The Hall–Kier alpha value is -1.01. The first kappa shape index (κ1) is 15.0. The molecule has 1 rings (SSSR count). The zero-order valence-corrected chi connectivity index (χ0v) is 11.7. The van der Waals surface area contributed by atoms with Gasteiger partial charge in [0.05, 0.1) is 6.61 Å². The van der Waals surface area contributed by atoms with Crippen LogP contribution < -0.4 is 5.32 Å². The maximum Gasteiger partial charge on any atom is 0.246 e. The van der Waals surface area contributed by atoms with E-state index in [-0.39, 0.29) is 11.8 Å². The summed E-state index contributed by atoms with van der Waals surface area (Å²) in [7, 11) is 1.66. The first-order valence-electron chi connectivity index (χ1n) is 5.92. The topological polar surface area (TPSA) is 58.6 Å². The van der Waals surface area contributed by atoms with Crippen LogP contribution in [0.3, 0.4) is 0 Å². The lowest BCUT2D eigenvalue weighted by molar-refractivity contribution is -0.135. The Morgan fingerprint density at radius 2 is 2.33 bits per heavy atom. The first-order valence-corrected chi connectivity index (χ1v) is 6.55. The number of hydrogen-bond donors (Lipinski definition) is 2. The molecule has 1 unspecified atom stereocenters. The summed E-state index contributed by atoms with van der Waals surface area (Å²) in [6.45, 7) is 3.25. The third-order valence-electron chi connectivity index (χ3n) is 2.80. The molecule has 0 aromatic rings. The number of hydrogen-bond acceptors (Lipinski definition) is 4. The molecular formula is C12H20N2O3S. The fourth-order valence-corrected chi connectivity index (χ4v) is 2.13. The molecule has 0 bridgehead atoms. The van der Waals surface area contributed by atoms with Gasteiger partial charge in [-0.05, 0) is 12.0 Å². The standard InChI is InChI=1S/C12H20N2O3S/c1-9(15)13-11(8-18)12(16)14-5-3-10(4-6-14)7-17-2/h3,11,18H,4-8H2,1-2H3,(H,13,15). The molecule has 0 spiro atoms. The van der Waals surface area contributed by atoms with E-state index in [4.69, 9.17) is 4.74 Å². The molecule has 0 saturated carbocycles. The molecular weight excluding hydrogens is 252 g/mol. The fourth-order valence-electron chi connectivity index (χ4n) is 1.88. The Kier molecular flexibility index (Phi) is 6.21. The average Bonchev–Trinajstić information content (AvgIpc) is 2.36. The summed E-state index contributed by atoms with van der Waals surface area (Å²) in [6, 6.07) is -0.539. The van der Waals surface area contributed by atoms with Crippen LogP contribution in [-0.2, 0) is 14.3 Å². The van der Waals surface area contributed by atoms with Gasteiger partial charge in [-0.15, -0.1) is 0 Å². The van der Waals surface area contributed by atoms with Crippen molar-refractivity contribution >= 4 is 24.4 Å². The second-order valence-corrected chi connectivity index (χ2v) is 4.63. The smallest absolute Gasteiger partial charge is 0.246 e. The molecule has 6 heteroatoms. The van der Waals surface area contributed by atoms with Crippen LogP contribution in [0.4, 0.5) is 0 Å². The summed E-state index contributed by atoms with van der Waals surface area (Å²) in [5.41, 5.74) is 1.21. The maximum absolute atomic E-state index is 12.1. The zero-order valence-electron chi connectivity index (χ0n) is 10.8. The van der Waals surface area contributed by atoms with Gasteiger partial charge in [0.25, 0.3) is 0 Å². The summed E-state index contributed by atoms with van der Waals surface area (Å²) in [5.74, 6) is 0.0201. The highest BCUT2D eigenvalue weighted by Gasteiger charge is 2.25. The van der Waals surface area contributed by atoms with Crippen molar-refractivity contribution in [3.63, 3.8) is 0 Å². The number of amides is 2. The first-order chi connectivity index (χ1) is 8.58. The Balaban J connectivity index is 2.55. The van der Waals surface area contributed by atoms with E-state index in [0.717, 1.165) is 6.42 Å². The van der Waals surface area contributed by atoms with Crippen LogP contribution in [-0.4, -0.2) is 55.3 Å². The number of methoxy groups -OCH3 is 1. The number of thiol groups is 1. The Bertz CT molecular complexity index is 344. The van der Waals surface area contributed by atoms with Gasteiger partial charge in [-0.3, -0.25) is 9.59 Å². The van der Waals surface area contributed by atoms with Gasteiger partial charge in [-0.2, -0.15) is 12.6 Å². The van der Waals surface area contributed by atoms with E-state index in [1.54, 1.807) is 12.0 Å². The number of rotatable bonds is 5. The van der Waals surface area contributed by atoms with Crippen LogP contribution in [0.15, 0.2) is 11.6 Å². The SMILES string of the molecule is COCC1=CCN(C(=O)C(CS)NC(C)=O)CC1. The molecule has 5 nitrogen and oxygen atoms in total. The highest BCUT2D eigenvalue weighted by atomic mass is 32.1. The number of nitrogens with zero attached hydrogens (tertiary/aromatic N) is 1. The van der Waals surface area contributed by atoms with Crippen molar-refractivity contribution in [2.75, 3.05) is 32.6 Å². The predicted molar refractivity (Wildman–Crippen MR) is 72.6 cm³/mol. The molecule has 0 fully saturated rings. The Morgan fingerprint density at radius 1 is 1.61 bits per heavy atom. The largest absolute Gasteiger partial charge is 0.380 e. The van der Waals surface area contributed by atoms with Crippen LogP contribution >= 0.6 is 12.6 Å². The van der Waals surface area contributed by atoms with Crippen molar-refractivity contribution in [2.24, 2.45) is 0 Å². The van der Waals surface area contributed by atoms with Crippen molar-refractivity contribution in [3.05, 3.63) is 11.6 Å². The minimum absolute atomic E-state index is 0.0760. The lowest BCUT2D eigenvalue weighted by atomic mass is 10.1. The van der Waals surface area contributed by atoms with Crippen LogP contribution in [0.5, 0.6) is 0 Å². The fraction of sp³-hybridized carbons (Fsp3) is 0.667. The molecule has 0 aromatic carbocycles. The third-order valence-corrected chi connectivity index (χ3v) is 3.17. The molecule has 0 saturated heterocycles. The number of carbonyl (C=O) groups excluding carboxylic acids is 2. The predicted octanol–water partition coefficient (Wildman–Crippen LogP) is 0.226. The van der Waals surface area contributed by atoms with Crippen molar-refractivity contribution in [3.8, 4) is 0 Å². The molecule has 0 radical (unpaired) electrons. The number of nitrogens with one attached hydrogen (secondary N) is 1. The molecule has 0 aromatic heterocycles. The summed E-state index contributed by atoms with van der Waals surface area (Å²) in [5, 5.41) is 2.61. The molecule has 1 N–H and O–H groups in total. The van der Waals surface area contributed by atoms with Gasteiger partial charge in [-0.25, -0.2) is 0 Å².